The van der Waals surface area contributed by atoms with Crippen LogP contribution in [0.15, 0.2) is 4.52 Å². The first kappa shape index (κ1) is 13.0. The van der Waals surface area contributed by atoms with Crippen LogP contribution in [0, 0.1) is 0 Å². The maximum Gasteiger partial charge on any atom is 0.313 e. The highest BCUT2D eigenvalue weighted by Gasteiger charge is 2.07. The van der Waals surface area contributed by atoms with Crippen LogP contribution in [-0.2, 0) is 21.9 Å². The molecular formula is C9H14N2O4S. The zero-order valence-electron chi connectivity index (χ0n) is 9.01. The molecule has 0 aliphatic carbocycles. The van der Waals surface area contributed by atoms with E-state index in [4.69, 9.17) is 14.4 Å². The third-order valence-corrected chi connectivity index (χ3v) is 2.44. The standard InChI is InChI=1S/C9H14N2O4S/c1-2-3-14-4-7-10-8(15-11-7)5-16-6-9(12)13/h2-6H2,1H3,(H,12,13). The summed E-state index contributed by atoms with van der Waals surface area (Å²) in [5.74, 6) is 0.522. The second-order valence-electron chi connectivity index (χ2n) is 3.04. The maximum absolute atomic E-state index is 10.3. The normalized spacial score (nSPS) is 10.6. The average Bonchev–Trinajstić information content (AvgIpc) is 2.66. The number of rotatable bonds is 8. The van der Waals surface area contributed by atoms with Crippen molar-refractivity contribution in [2.24, 2.45) is 0 Å². The molecule has 90 valence electrons. The number of carbonyl (C=O) groups is 1. The Morgan fingerprint density at radius 1 is 1.62 bits per heavy atom. The fourth-order valence-electron chi connectivity index (χ4n) is 0.941. The molecular weight excluding hydrogens is 232 g/mol. The lowest BCUT2D eigenvalue weighted by atomic mass is 10.5. The molecule has 7 heteroatoms. The number of hydrogen-bond acceptors (Lipinski definition) is 6. The van der Waals surface area contributed by atoms with E-state index in [2.05, 4.69) is 10.1 Å². The summed E-state index contributed by atoms with van der Waals surface area (Å²) in [6.45, 7) is 3.02. The molecule has 0 radical (unpaired) electrons. The van der Waals surface area contributed by atoms with Crippen molar-refractivity contribution < 1.29 is 19.2 Å². The van der Waals surface area contributed by atoms with Crippen LogP contribution >= 0.6 is 11.8 Å². The van der Waals surface area contributed by atoms with Gasteiger partial charge in [-0.1, -0.05) is 12.1 Å². The average molecular weight is 246 g/mol. The van der Waals surface area contributed by atoms with Crippen LogP contribution in [-0.4, -0.2) is 33.6 Å². The van der Waals surface area contributed by atoms with Crippen molar-refractivity contribution in [3.63, 3.8) is 0 Å². The number of thioether (sulfide) groups is 1. The van der Waals surface area contributed by atoms with Crippen LogP contribution in [0.4, 0.5) is 0 Å². The molecule has 1 heterocycles. The Morgan fingerprint density at radius 2 is 2.44 bits per heavy atom. The Bertz CT molecular complexity index is 329. The quantitative estimate of drug-likeness (QED) is 0.692. The van der Waals surface area contributed by atoms with E-state index in [9.17, 15) is 4.79 Å². The van der Waals surface area contributed by atoms with Gasteiger partial charge in [0.25, 0.3) is 0 Å². The molecule has 0 amide bonds. The van der Waals surface area contributed by atoms with Crippen LogP contribution in [0.1, 0.15) is 25.1 Å². The molecule has 0 bridgehead atoms. The number of hydrogen-bond donors (Lipinski definition) is 1. The first-order valence-corrected chi connectivity index (χ1v) is 6.06. The first-order valence-electron chi connectivity index (χ1n) is 4.91. The molecule has 1 aromatic heterocycles. The minimum Gasteiger partial charge on any atom is -0.481 e. The summed E-state index contributed by atoms with van der Waals surface area (Å²) in [5, 5.41) is 12.1. The highest BCUT2D eigenvalue weighted by atomic mass is 32.2. The molecule has 0 aromatic carbocycles. The van der Waals surface area contributed by atoms with E-state index in [0.717, 1.165) is 6.42 Å². The molecule has 6 nitrogen and oxygen atoms in total. The van der Waals surface area contributed by atoms with Gasteiger partial charge in [0, 0.05) is 6.61 Å². The number of aliphatic carboxylic acids is 1. The SMILES string of the molecule is CCCOCc1noc(CSCC(=O)O)n1. The summed E-state index contributed by atoms with van der Waals surface area (Å²) >= 11 is 1.22. The lowest BCUT2D eigenvalue weighted by Gasteiger charge is -1.95. The van der Waals surface area contributed by atoms with E-state index in [1.54, 1.807) is 0 Å². The Kier molecular flexibility index (Phi) is 5.87. The molecule has 0 saturated heterocycles. The molecule has 0 fully saturated rings. The van der Waals surface area contributed by atoms with Gasteiger partial charge in [-0.25, -0.2) is 0 Å². The second-order valence-corrected chi connectivity index (χ2v) is 4.03. The van der Waals surface area contributed by atoms with Gasteiger partial charge in [-0.05, 0) is 6.42 Å². The van der Waals surface area contributed by atoms with E-state index in [1.165, 1.54) is 11.8 Å². The maximum atomic E-state index is 10.3. The highest BCUT2D eigenvalue weighted by Crippen LogP contribution is 2.10. The predicted octanol–water partition coefficient (Wildman–Crippen LogP) is 1.31. The van der Waals surface area contributed by atoms with Crippen LogP contribution in [0.25, 0.3) is 0 Å². The minimum atomic E-state index is -0.851. The molecule has 0 atom stereocenters. The Morgan fingerprint density at radius 3 is 3.12 bits per heavy atom. The van der Waals surface area contributed by atoms with Crippen LogP contribution in [0.5, 0.6) is 0 Å². The van der Waals surface area contributed by atoms with E-state index in [1.807, 2.05) is 6.92 Å². The number of ether oxygens (including phenoxy) is 1. The van der Waals surface area contributed by atoms with Gasteiger partial charge in [0.1, 0.15) is 6.61 Å². The van der Waals surface area contributed by atoms with Gasteiger partial charge >= 0.3 is 5.97 Å². The third kappa shape index (κ3) is 5.13. The minimum absolute atomic E-state index is 0.0318. The number of nitrogens with zero attached hydrogens (tertiary/aromatic N) is 2. The van der Waals surface area contributed by atoms with Crippen molar-refractivity contribution in [2.75, 3.05) is 12.4 Å². The topological polar surface area (TPSA) is 85.5 Å². The zero-order valence-corrected chi connectivity index (χ0v) is 9.83. The zero-order chi connectivity index (χ0) is 11.8. The van der Waals surface area contributed by atoms with E-state index in [0.29, 0.717) is 30.7 Å². The summed E-state index contributed by atoms with van der Waals surface area (Å²) in [5.41, 5.74) is 0. The fourth-order valence-corrected chi connectivity index (χ4v) is 1.51. The number of carboxylic acid groups (broad SMARTS) is 1. The summed E-state index contributed by atoms with van der Waals surface area (Å²) in [4.78, 5) is 14.3. The van der Waals surface area contributed by atoms with E-state index < -0.39 is 5.97 Å². The van der Waals surface area contributed by atoms with Gasteiger partial charge in [0.15, 0.2) is 5.82 Å². The fraction of sp³-hybridized carbons (Fsp3) is 0.667. The van der Waals surface area contributed by atoms with Crippen molar-refractivity contribution in [3.05, 3.63) is 11.7 Å². The molecule has 16 heavy (non-hydrogen) atoms. The summed E-state index contributed by atoms with van der Waals surface area (Å²) in [6.07, 6.45) is 0.944. The lowest BCUT2D eigenvalue weighted by molar-refractivity contribution is -0.133. The third-order valence-electron chi connectivity index (χ3n) is 1.54. The largest absolute Gasteiger partial charge is 0.481 e. The number of carboxylic acids is 1. The smallest absolute Gasteiger partial charge is 0.313 e. The number of aromatic nitrogens is 2. The molecule has 0 spiro atoms. The Labute approximate surface area is 97.4 Å². The molecule has 1 N–H and O–H groups in total. The molecule has 0 unspecified atom stereocenters. The second kappa shape index (κ2) is 7.24. The van der Waals surface area contributed by atoms with Gasteiger partial charge in [-0.3, -0.25) is 4.79 Å². The van der Waals surface area contributed by atoms with Crippen molar-refractivity contribution >= 4 is 17.7 Å². The van der Waals surface area contributed by atoms with Gasteiger partial charge in [-0.2, -0.15) is 4.98 Å². The molecule has 1 aromatic rings. The molecule has 0 aliphatic heterocycles. The predicted molar refractivity (Wildman–Crippen MR) is 58.0 cm³/mol. The van der Waals surface area contributed by atoms with Crippen molar-refractivity contribution in [3.8, 4) is 0 Å². The first-order chi connectivity index (χ1) is 7.72. The van der Waals surface area contributed by atoms with Gasteiger partial charge in [0.05, 0.1) is 11.5 Å². The van der Waals surface area contributed by atoms with Gasteiger partial charge < -0.3 is 14.4 Å². The molecule has 1 rings (SSSR count). The summed E-state index contributed by atoms with van der Waals surface area (Å²) in [6, 6.07) is 0. The summed E-state index contributed by atoms with van der Waals surface area (Å²) in [7, 11) is 0. The van der Waals surface area contributed by atoms with Gasteiger partial charge in [0.2, 0.25) is 5.89 Å². The van der Waals surface area contributed by atoms with E-state index >= 15 is 0 Å². The van der Waals surface area contributed by atoms with Crippen LogP contribution in [0.3, 0.4) is 0 Å². The van der Waals surface area contributed by atoms with Crippen molar-refractivity contribution in [1.82, 2.24) is 10.1 Å². The van der Waals surface area contributed by atoms with Crippen LogP contribution in [0.2, 0.25) is 0 Å². The molecule has 0 saturated carbocycles. The van der Waals surface area contributed by atoms with E-state index in [-0.39, 0.29) is 5.75 Å². The van der Waals surface area contributed by atoms with Crippen LogP contribution < -0.4 is 0 Å². The lowest BCUT2D eigenvalue weighted by Crippen LogP contribution is -1.98. The van der Waals surface area contributed by atoms with Gasteiger partial charge in [-0.15, -0.1) is 11.8 Å². The highest BCUT2D eigenvalue weighted by molar-refractivity contribution is 7.99. The molecule has 0 aliphatic rings. The Balaban J connectivity index is 2.25. The Hall–Kier alpha value is -1.08. The van der Waals surface area contributed by atoms with Crippen molar-refractivity contribution in [1.29, 1.82) is 0 Å². The monoisotopic (exact) mass is 246 g/mol. The summed E-state index contributed by atoms with van der Waals surface area (Å²) < 4.78 is 10.2. The van der Waals surface area contributed by atoms with Crippen molar-refractivity contribution in [2.45, 2.75) is 25.7 Å².